The maximum Gasteiger partial charge on any atom is 0.315 e. The normalized spacial score (nSPS) is 20.2. The van der Waals surface area contributed by atoms with Crippen LogP contribution in [0.25, 0.3) is 0 Å². The Bertz CT molecular complexity index is 551. The quantitative estimate of drug-likeness (QED) is 0.514. The Morgan fingerprint density at radius 1 is 1.32 bits per heavy atom. The molecule has 1 aliphatic rings. The third-order valence-electron chi connectivity index (χ3n) is 4.29. The van der Waals surface area contributed by atoms with Crippen LogP contribution >= 0.6 is 8.09 Å². The van der Waals surface area contributed by atoms with Crippen LogP contribution in [0, 0.1) is 5.41 Å². The maximum absolute atomic E-state index is 13.4. The van der Waals surface area contributed by atoms with Crippen LogP contribution in [0.4, 0.5) is 0 Å². The highest BCUT2D eigenvalue weighted by Gasteiger charge is 2.48. The van der Waals surface area contributed by atoms with E-state index in [1.165, 1.54) is 0 Å². The third-order valence-corrected chi connectivity index (χ3v) is 6.27. The van der Waals surface area contributed by atoms with Gasteiger partial charge in [-0.05, 0) is 24.1 Å². The molecule has 25 heavy (non-hydrogen) atoms. The van der Waals surface area contributed by atoms with Gasteiger partial charge in [0.2, 0.25) is 0 Å². The highest BCUT2D eigenvalue weighted by molar-refractivity contribution is 7.56. The summed E-state index contributed by atoms with van der Waals surface area (Å²) in [6.45, 7) is 11.4. The van der Waals surface area contributed by atoms with Crippen molar-refractivity contribution in [3.05, 3.63) is 42.5 Å². The SMILES string of the molecule is C=CC(CCC)N(Cc1ccc(OC)cc1)[P+]1([O-])OCC(C)(C)CO1. The second-order valence-electron chi connectivity index (χ2n) is 7.22. The van der Waals surface area contributed by atoms with E-state index in [1.54, 1.807) is 7.11 Å². The Hall–Kier alpha value is -0.970. The number of methoxy groups -OCH3 is 1. The molecule has 0 bridgehead atoms. The van der Waals surface area contributed by atoms with Crippen molar-refractivity contribution in [2.75, 3.05) is 20.3 Å². The lowest BCUT2D eigenvalue weighted by Gasteiger charge is -2.44. The van der Waals surface area contributed by atoms with Crippen molar-refractivity contribution >= 4 is 8.09 Å². The first kappa shape index (κ1) is 20.3. The molecular formula is C19H30NO4P. The van der Waals surface area contributed by atoms with Crippen molar-refractivity contribution in [3.8, 4) is 5.75 Å². The standard InChI is InChI=1S/C19H30NO4P/c1-6-8-17(7-2)20(13-16-9-11-18(22-5)12-10-16)25(21)23-14-19(3,4)15-24-25/h7,9-12,17H,2,6,8,13-15H2,1,3-5H3. The number of hydrogen-bond donors (Lipinski definition) is 0. The predicted molar refractivity (Wildman–Crippen MR) is 100 cm³/mol. The number of ether oxygens (including phenoxy) is 1. The highest BCUT2D eigenvalue weighted by Crippen LogP contribution is 2.61. The summed E-state index contributed by atoms with van der Waals surface area (Å²) in [5.74, 6) is 0.794. The van der Waals surface area contributed by atoms with E-state index in [0.29, 0.717) is 19.8 Å². The topological polar surface area (TPSA) is 54.0 Å². The van der Waals surface area contributed by atoms with E-state index in [-0.39, 0.29) is 11.5 Å². The minimum absolute atomic E-state index is 0.0702. The molecule has 0 amide bonds. The first-order valence-corrected chi connectivity index (χ1v) is 10.2. The molecule has 140 valence electrons. The van der Waals surface area contributed by atoms with E-state index in [1.807, 2.05) is 48.9 Å². The molecule has 0 saturated carbocycles. The lowest BCUT2D eigenvalue weighted by Crippen LogP contribution is -2.45. The Morgan fingerprint density at radius 3 is 2.40 bits per heavy atom. The Morgan fingerprint density at radius 2 is 1.92 bits per heavy atom. The van der Waals surface area contributed by atoms with Gasteiger partial charge >= 0.3 is 8.09 Å². The average molecular weight is 367 g/mol. The summed E-state index contributed by atoms with van der Waals surface area (Å²) < 4.78 is 18.6. The fourth-order valence-electron chi connectivity index (χ4n) is 2.73. The summed E-state index contributed by atoms with van der Waals surface area (Å²) in [5.41, 5.74) is 0.893. The van der Waals surface area contributed by atoms with Crippen LogP contribution in [0.3, 0.4) is 0 Å². The van der Waals surface area contributed by atoms with Crippen LogP contribution in [0.2, 0.25) is 0 Å². The second kappa shape index (κ2) is 8.61. The highest BCUT2D eigenvalue weighted by atomic mass is 31.2. The molecule has 1 heterocycles. The molecular weight excluding hydrogens is 337 g/mol. The van der Waals surface area contributed by atoms with E-state index in [9.17, 15) is 4.89 Å². The molecule has 0 aliphatic carbocycles. The number of benzene rings is 1. The molecule has 1 unspecified atom stereocenters. The lowest BCUT2D eigenvalue weighted by molar-refractivity contribution is -0.251. The Labute approximate surface area is 152 Å². The van der Waals surface area contributed by atoms with Gasteiger partial charge in [0.15, 0.2) is 0 Å². The van der Waals surface area contributed by atoms with E-state index in [0.717, 1.165) is 24.2 Å². The summed E-state index contributed by atoms with van der Waals surface area (Å²) in [7, 11) is -1.72. The van der Waals surface area contributed by atoms with E-state index >= 15 is 0 Å². The molecule has 1 fully saturated rings. The summed E-state index contributed by atoms with van der Waals surface area (Å²) in [6.07, 6.45) is 3.64. The fourth-order valence-corrected chi connectivity index (χ4v) is 5.03. The summed E-state index contributed by atoms with van der Waals surface area (Å²) >= 11 is 0. The summed E-state index contributed by atoms with van der Waals surface area (Å²) in [5, 5.41) is 0. The first-order valence-electron chi connectivity index (χ1n) is 8.75. The van der Waals surface area contributed by atoms with Gasteiger partial charge in [-0.2, -0.15) is 9.05 Å². The summed E-state index contributed by atoms with van der Waals surface area (Å²) in [4.78, 5) is 13.4. The molecule has 0 aromatic heterocycles. The molecule has 0 spiro atoms. The van der Waals surface area contributed by atoms with Gasteiger partial charge in [-0.3, -0.25) is 0 Å². The molecule has 5 nitrogen and oxygen atoms in total. The molecule has 0 radical (unpaired) electrons. The molecule has 1 aromatic rings. The lowest BCUT2D eigenvalue weighted by atomic mass is 9.97. The Balaban J connectivity index is 2.24. The monoisotopic (exact) mass is 367 g/mol. The van der Waals surface area contributed by atoms with Crippen LogP contribution < -0.4 is 9.63 Å². The van der Waals surface area contributed by atoms with E-state index in [4.69, 9.17) is 13.8 Å². The molecule has 0 N–H and O–H groups in total. The smallest absolute Gasteiger partial charge is 0.315 e. The molecule has 1 aromatic carbocycles. The van der Waals surface area contributed by atoms with Gasteiger partial charge in [0.1, 0.15) is 19.0 Å². The predicted octanol–water partition coefficient (Wildman–Crippen LogP) is 3.96. The molecule has 6 heteroatoms. The molecule has 2 rings (SSSR count). The summed E-state index contributed by atoms with van der Waals surface area (Å²) in [6, 6.07) is 7.67. The van der Waals surface area contributed by atoms with Gasteiger partial charge < -0.3 is 9.63 Å². The van der Waals surface area contributed by atoms with Gasteiger partial charge in [-0.1, -0.05) is 45.4 Å². The van der Waals surface area contributed by atoms with Crippen molar-refractivity contribution in [1.29, 1.82) is 0 Å². The van der Waals surface area contributed by atoms with Crippen molar-refractivity contribution in [3.63, 3.8) is 0 Å². The van der Waals surface area contributed by atoms with Crippen molar-refractivity contribution in [1.82, 2.24) is 4.67 Å². The number of rotatable bonds is 8. The zero-order valence-corrected chi connectivity index (χ0v) is 16.6. The molecule has 1 aliphatic heterocycles. The fraction of sp³-hybridized carbons (Fsp3) is 0.579. The second-order valence-corrected chi connectivity index (χ2v) is 9.18. The minimum Gasteiger partial charge on any atom is -0.616 e. The first-order chi connectivity index (χ1) is 11.8. The molecule has 1 saturated heterocycles. The van der Waals surface area contributed by atoms with Crippen LogP contribution in [0.1, 0.15) is 39.2 Å². The van der Waals surface area contributed by atoms with Crippen LogP contribution in [-0.2, 0) is 15.6 Å². The minimum atomic E-state index is -3.36. The van der Waals surface area contributed by atoms with Crippen LogP contribution in [-0.4, -0.2) is 31.0 Å². The van der Waals surface area contributed by atoms with Crippen LogP contribution in [0.15, 0.2) is 36.9 Å². The number of hydrogen-bond acceptors (Lipinski definition) is 5. The van der Waals surface area contributed by atoms with Crippen molar-refractivity contribution < 1.29 is 18.7 Å². The number of nitrogens with zero attached hydrogens (tertiary/aromatic N) is 1. The van der Waals surface area contributed by atoms with Gasteiger partial charge in [0.25, 0.3) is 0 Å². The largest absolute Gasteiger partial charge is 0.616 e. The van der Waals surface area contributed by atoms with E-state index < -0.39 is 8.09 Å². The van der Waals surface area contributed by atoms with Gasteiger partial charge in [0, 0.05) is 5.41 Å². The van der Waals surface area contributed by atoms with Gasteiger partial charge in [-0.25, -0.2) is 0 Å². The van der Waals surface area contributed by atoms with E-state index in [2.05, 4.69) is 13.5 Å². The maximum atomic E-state index is 13.4. The van der Waals surface area contributed by atoms with Gasteiger partial charge in [0.05, 0.1) is 19.7 Å². The van der Waals surface area contributed by atoms with Crippen LogP contribution in [0.5, 0.6) is 5.75 Å². The average Bonchev–Trinajstić information content (AvgIpc) is 2.61. The van der Waals surface area contributed by atoms with Crippen molar-refractivity contribution in [2.45, 2.75) is 46.2 Å². The zero-order chi connectivity index (χ0) is 18.5. The Kier molecular flexibility index (Phi) is 7.01. The third kappa shape index (κ3) is 5.25. The molecule has 1 atom stereocenters. The van der Waals surface area contributed by atoms with Crippen molar-refractivity contribution in [2.24, 2.45) is 5.41 Å². The zero-order valence-electron chi connectivity index (χ0n) is 15.7. The van der Waals surface area contributed by atoms with Gasteiger partial charge in [-0.15, -0.1) is 11.2 Å².